The van der Waals surface area contributed by atoms with E-state index in [9.17, 15) is 19.5 Å². The minimum atomic E-state index is -1.01. The molecule has 2 aliphatic rings. The van der Waals surface area contributed by atoms with Gasteiger partial charge in [-0.2, -0.15) is 0 Å². The molecule has 0 saturated carbocycles. The molecule has 31 heavy (non-hydrogen) atoms. The first-order valence-corrected chi connectivity index (χ1v) is 10.7. The Morgan fingerprint density at radius 1 is 1.06 bits per heavy atom. The molecule has 1 atom stereocenters. The average molecular weight is 442 g/mol. The van der Waals surface area contributed by atoms with Crippen molar-refractivity contribution in [2.24, 2.45) is 0 Å². The predicted molar refractivity (Wildman–Crippen MR) is 115 cm³/mol. The van der Waals surface area contributed by atoms with Crippen LogP contribution in [0.3, 0.4) is 0 Å². The van der Waals surface area contributed by atoms with Crippen molar-refractivity contribution >= 4 is 29.4 Å². The molecule has 2 aliphatic heterocycles. The van der Waals surface area contributed by atoms with Crippen LogP contribution in [0, 0.1) is 0 Å². The lowest BCUT2D eigenvalue weighted by Crippen LogP contribution is -2.47. The summed E-state index contributed by atoms with van der Waals surface area (Å²) in [4.78, 5) is 40.5. The number of hydrogen-bond donors (Lipinski definition) is 2. The number of amides is 4. The normalized spacial score (nSPS) is 20.6. The minimum Gasteiger partial charge on any atom is -0.385 e. The molecular weight excluding hydrogens is 418 g/mol. The van der Waals surface area contributed by atoms with E-state index in [0.717, 1.165) is 16.0 Å². The molecule has 2 aromatic carbocycles. The number of rotatable bonds is 5. The molecule has 2 aromatic rings. The van der Waals surface area contributed by atoms with Crippen LogP contribution in [0.4, 0.5) is 4.79 Å². The summed E-state index contributed by atoms with van der Waals surface area (Å²) in [5.74, 6) is -0.602. The number of carbonyl (C=O) groups is 3. The van der Waals surface area contributed by atoms with Gasteiger partial charge in [-0.1, -0.05) is 54.1 Å². The molecule has 8 heteroatoms. The van der Waals surface area contributed by atoms with Gasteiger partial charge in [0, 0.05) is 18.1 Å². The van der Waals surface area contributed by atoms with Crippen molar-refractivity contribution < 1.29 is 19.5 Å². The van der Waals surface area contributed by atoms with Gasteiger partial charge in [-0.25, -0.2) is 4.79 Å². The zero-order chi connectivity index (χ0) is 22.0. The molecule has 2 N–H and O–H groups in total. The van der Waals surface area contributed by atoms with Gasteiger partial charge in [0.2, 0.25) is 5.91 Å². The Kier molecular flexibility index (Phi) is 5.98. The molecular formula is C23H24ClN3O4. The number of nitrogens with one attached hydrogen (secondary N) is 1. The van der Waals surface area contributed by atoms with Crippen molar-refractivity contribution in [2.45, 2.75) is 37.5 Å². The summed E-state index contributed by atoms with van der Waals surface area (Å²) in [6.07, 6.45) is 0.701. The molecule has 4 rings (SSSR count). The zero-order valence-electron chi connectivity index (χ0n) is 17.0. The highest BCUT2D eigenvalue weighted by Gasteiger charge is 2.41. The Labute approximate surface area is 185 Å². The van der Waals surface area contributed by atoms with Gasteiger partial charge in [-0.05, 0) is 36.1 Å². The van der Waals surface area contributed by atoms with Gasteiger partial charge in [-0.15, -0.1) is 0 Å². The lowest BCUT2D eigenvalue weighted by atomic mass is 9.84. The Morgan fingerprint density at radius 3 is 2.35 bits per heavy atom. The van der Waals surface area contributed by atoms with Crippen LogP contribution in [0.1, 0.15) is 30.4 Å². The highest BCUT2D eigenvalue weighted by Crippen LogP contribution is 2.33. The second-order valence-electron chi connectivity index (χ2n) is 8.04. The number of likely N-dealkylation sites (tertiary alicyclic amines) is 1. The fourth-order valence-corrected chi connectivity index (χ4v) is 4.24. The third-order valence-electron chi connectivity index (χ3n) is 5.99. The third-order valence-corrected chi connectivity index (χ3v) is 6.25. The maximum absolute atomic E-state index is 12.8. The largest absolute Gasteiger partial charge is 0.385 e. The molecule has 0 bridgehead atoms. The van der Waals surface area contributed by atoms with E-state index in [1.54, 1.807) is 29.2 Å². The maximum atomic E-state index is 12.8. The highest BCUT2D eigenvalue weighted by molar-refractivity contribution is 6.30. The smallest absolute Gasteiger partial charge is 0.325 e. The van der Waals surface area contributed by atoms with Crippen molar-refractivity contribution in [2.75, 3.05) is 13.1 Å². The van der Waals surface area contributed by atoms with Crippen LogP contribution in [-0.4, -0.2) is 51.9 Å². The molecule has 0 aromatic heterocycles. The summed E-state index contributed by atoms with van der Waals surface area (Å²) < 4.78 is 0. The van der Waals surface area contributed by atoms with E-state index in [1.807, 2.05) is 30.3 Å². The van der Waals surface area contributed by atoms with E-state index in [1.165, 1.54) is 0 Å². The van der Waals surface area contributed by atoms with Crippen LogP contribution < -0.4 is 5.32 Å². The fraction of sp³-hybridized carbons (Fsp3) is 0.348. The first-order valence-electron chi connectivity index (χ1n) is 10.3. The molecule has 0 radical (unpaired) electrons. The van der Waals surface area contributed by atoms with Crippen LogP contribution >= 0.6 is 11.6 Å². The molecule has 2 fully saturated rings. The van der Waals surface area contributed by atoms with E-state index in [0.29, 0.717) is 31.0 Å². The minimum absolute atomic E-state index is 0.0881. The number of benzene rings is 2. The molecule has 162 valence electrons. The van der Waals surface area contributed by atoms with E-state index in [-0.39, 0.29) is 18.9 Å². The SMILES string of the molecule is O=C(CC1NC(=O)N(Cc2ccccc2)C1=O)N1CCC(O)(c2ccc(Cl)cc2)CC1. The molecule has 2 heterocycles. The van der Waals surface area contributed by atoms with E-state index in [2.05, 4.69) is 5.32 Å². The van der Waals surface area contributed by atoms with Crippen molar-refractivity contribution in [1.82, 2.24) is 15.1 Å². The second-order valence-corrected chi connectivity index (χ2v) is 8.47. The number of nitrogens with zero attached hydrogens (tertiary/aromatic N) is 2. The third kappa shape index (κ3) is 4.57. The van der Waals surface area contributed by atoms with Crippen molar-refractivity contribution in [3.63, 3.8) is 0 Å². The van der Waals surface area contributed by atoms with Gasteiger partial charge < -0.3 is 15.3 Å². The van der Waals surface area contributed by atoms with Gasteiger partial charge in [0.1, 0.15) is 6.04 Å². The van der Waals surface area contributed by atoms with Crippen LogP contribution in [0.2, 0.25) is 5.02 Å². The topological polar surface area (TPSA) is 90.0 Å². The quantitative estimate of drug-likeness (QED) is 0.698. The lowest BCUT2D eigenvalue weighted by Gasteiger charge is -2.38. The van der Waals surface area contributed by atoms with Crippen LogP contribution in [0.25, 0.3) is 0 Å². The number of imide groups is 1. The Bertz CT molecular complexity index is 972. The number of urea groups is 1. The molecule has 7 nitrogen and oxygen atoms in total. The summed E-state index contributed by atoms with van der Waals surface area (Å²) in [5, 5.41) is 14.2. The van der Waals surface area contributed by atoms with Crippen LogP contribution in [0.15, 0.2) is 54.6 Å². The Hall–Kier alpha value is -2.90. The Balaban J connectivity index is 1.33. The number of aliphatic hydroxyl groups is 1. The molecule has 0 spiro atoms. The maximum Gasteiger partial charge on any atom is 0.325 e. The highest BCUT2D eigenvalue weighted by atomic mass is 35.5. The number of piperidine rings is 1. The van der Waals surface area contributed by atoms with Crippen molar-refractivity contribution in [3.05, 3.63) is 70.7 Å². The lowest BCUT2D eigenvalue weighted by molar-refractivity contribution is -0.139. The summed E-state index contributed by atoms with van der Waals surface area (Å²) in [7, 11) is 0. The molecule has 0 aliphatic carbocycles. The van der Waals surface area contributed by atoms with Crippen LogP contribution in [-0.2, 0) is 21.7 Å². The zero-order valence-corrected chi connectivity index (χ0v) is 17.7. The van der Waals surface area contributed by atoms with Gasteiger partial charge >= 0.3 is 6.03 Å². The summed E-state index contributed by atoms with van der Waals surface area (Å²) in [6.45, 7) is 0.926. The van der Waals surface area contributed by atoms with Crippen molar-refractivity contribution in [1.29, 1.82) is 0 Å². The average Bonchev–Trinajstić information content (AvgIpc) is 3.02. The summed E-state index contributed by atoms with van der Waals surface area (Å²) in [5.41, 5.74) is 0.611. The standard InChI is InChI=1S/C23H24ClN3O4/c24-18-8-6-17(7-9-18)23(31)10-12-26(13-11-23)20(28)14-19-21(29)27(22(30)25-19)15-16-4-2-1-3-5-16/h1-9,19,31H,10-15H2,(H,25,30). The molecule has 1 unspecified atom stereocenters. The van der Waals surface area contributed by atoms with Gasteiger partial charge in [-0.3, -0.25) is 14.5 Å². The Morgan fingerprint density at radius 2 is 1.71 bits per heavy atom. The number of carbonyl (C=O) groups excluding carboxylic acids is 3. The van der Waals surface area contributed by atoms with Gasteiger partial charge in [0.05, 0.1) is 18.6 Å². The first kappa shape index (κ1) is 21.3. The summed E-state index contributed by atoms with van der Waals surface area (Å²) >= 11 is 5.92. The monoisotopic (exact) mass is 441 g/mol. The first-order chi connectivity index (χ1) is 14.9. The van der Waals surface area contributed by atoms with Gasteiger partial charge in [0.15, 0.2) is 0 Å². The van der Waals surface area contributed by atoms with Crippen LogP contribution in [0.5, 0.6) is 0 Å². The number of halogens is 1. The summed E-state index contributed by atoms with van der Waals surface area (Å²) in [6, 6.07) is 15.0. The van der Waals surface area contributed by atoms with Crippen molar-refractivity contribution in [3.8, 4) is 0 Å². The molecule has 4 amide bonds. The number of hydrogen-bond acceptors (Lipinski definition) is 4. The van der Waals surface area contributed by atoms with E-state index in [4.69, 9.17) is 11.6 Å². The fourth-order valence-electron chi connectivity index (χ4n) is 4.11. The predicted octanol–water partition coefficient (Wildman–Crippen LogP) is 2.66. The van der Waals surface area contributed by atoms with E-state index < -0.39 is 23.6 Å². The van der Waals surface area contributed by atoms with E-state index >= 15 is 0 Å². The van der Waals surface area contributed by atoms with Gasteiger partial charge in [0.25, 0.3) is 5.91 Å². The second kappa shape index (κ2) is 8.69. The molecule has 2 saturated heterocycles.